The predicted octanol–water partition coefficient (Wildman–Crippen LogP) is 4.74. The van der Waals surface area contributed by atoms with E-state index in [0.717, 1.165) is 56.1 Å². The Kier molecular flexibility index (Phi) is 6.23. The van der Waals surface area contributed by atoms with Crippen molar-refractivity contribution in [1.82, 2.24) is 23.8 Å². The summed E-state index contributed by atoms with van der Waals surface area (Å²) < 4.78 is 29.2. The number of nitrogens with zero attached hydrogens (tertiary/aromatic N) is 4. The van der Waals surface area contributed by atoms with Gasteiger partial charge in [0.1, 0.15) is 11.3 Å². The van der Waals surface area contributed by atoms with Gasteiger partial charge < -0.3 is 14.9 Å². The highest BCUT2D eigenvalue weighted by molar-refractivity contribution is 9.10. The molecule has 0 bridgehead atoms. The molecule has 10 heteroatoms. The third-order valence-corrected chi connectivity index (χ3v) is 9.14. The molecule has 8 nitrogen and oxygen atoms in total. The van der Waals surface area contributed by atoms with Crippen LogP contribution in [0.3, 0.4) is 0 Å². The monoisotopic (exact) mass is 555 g/mol. The van der Waals surface area contributed by atoms with Crippen LogP contribution in [-0.2, 0) is 10.0 Å². The van der Waals surface area contributed by atoms with Crippen molar-refractivity contribution >= 4 is 42.8 Å². The summed E-state index contributed by atoms with van der Waals surface area (Å²) in [5, 5.41) is 3.53. The molecule has 0 amide bonds. The maximum absolute atomic E-state index is 12.3. The number of nitrogens with one attached hydrogen (secondary N) is 2. The fourth-order valence-corrected chi connectivity index (χ4v) is 6.39. The number of imidazole rings is 1. The minimum absolute atomic E-state index is 0.00680. The Balaban J connectivity index is 1.51. The van der Waals surface area contributed by atoms with Crippen molar-refractivity contribution < 1.29 is 8.42 Å². The van der Waals surface area contributed by atoms with Gasteiger partial charge in [-0.2, -0.15) is 4.31 Å². The lowest BCUT2D eigenvalue weighted by Gasteiger charge is -2.17. The van der Waals surface area contributed by atoms with Crippen molar-refractivity contribution in [2.45, 2.75) is 40.2 Å². The van der Waals surface area contributed by atoms with Gasteiger partial charge in [0, 0.05) is 48.0 Å². The summed E-state index contributed by atoms with van der Waals surface area (Å²) in [4.78, 5) is 12.8. The molecule has 0 saturated carbocycles. The number of aryl methyl sites for hydroxylation is 2. The van der Waals surface area contributed by atoms with Gasteiger partial charge in [0.25, 0.3) is 0 Å². The number of pyridine rings is 1. The molecule has 1 aromatic carbocycles. The van der Waals surface area contributed by atoms with E-state index < -0.39 is 10.0 Å². The summed E-state index contributed by atoms with van der Waals surface area (Å²) in [5.74, 6) is 0.860. The van der Waals surface area contributed by atoms with Gasteiger partial charge in [0.15, 0.2) is 5.65 Å². The van der Waals surface area contributed by atoms with E-state index in [-0.39, 0.29) is 11.8 Å². The summed E-state index contributed by atoms with van der Waals surface area (Å²) >= 11 is 3.62. The Morgan fingerprint density at radius 3 is 2.86 bits per heavy atom. The first-order chi connectivity index (χ1) is 16.7. The predicted molar refractivity (Wildman–Crippen MR) is 142 cm³/mol. The van der Waals surface area contributed by atoms with Crippen LogP contribution < -0.4 is 5.32 Å². The molecule has 4 aromatic rings. The number of benzene rings is 1. The minimum atomic E-state index is -3.20. The van der Waals surface area contributed by atoms with Crippen molar-refractivity contribution in [3.8, 4) is 17.1 Å². The molecule has 5 rings (SSSR count). The highest BCUT2D eigenvalue weighted by atomic mass is 79.9. The molecule has 35 heavy (non-hydrogen) atoms. The Morgan fingerprint density at radius 1 is 1.31 bits per heavy atom. The zero-order valence-electron chi connectivity index (χ0n) is 20.2. The minimum Gasteiger partial charge on any atom is -0.378 e. The molecule has 1 atom stereocenters. The Labute approximate surface area is 214 Å². The molecule has 1 aliphatic heterocycles. The van der Waals surface area contributed by atoms with Gasteiger partial charge in [-0.3, -0.25) is 0 Å². The average molecular weight is 557 g/mol. The van der Waals surface area contributed by atoms with Crippen LogP contribution in [0.25, 0.3) is 28.2 Å². The highest BCUT2D eigenvalue weighted by Gasteiger charge is 2.31. The van der Waals surface area contributed by atoms with Crippen molar-refractivity contribution in [2.75, 3.05) is 24.2 Å². The standard InChI is InChI=1S/C25H28BrN6O2S/c1-5-35(33,34)31-11-10-18(14-31)28-22-20(26)13-27-25-23(22)29-24(30-25)19-12-16(3)32(17(19)4)21-9-7-6-8-15(21)2/h6-7,9,12-13,18H,5,10-11,14H2,1-4H3,(H2,27,28,29,30)/t18-/m0/s1. The molecule has 4 heterocycles. The van der Waals surface area contributed by atoms with Crippen molar-refractivity contribution in [1.29, 1.82) is 0 Å². The molecule has 1 saturated heterocycles. The number of hydrogen-bond donors (Lipinski definition) is 2. The molecule has 3 aromatic heterocycles. The second kappa shape index (κ2) is 9.07. The molecule has 0 unspecified atom stereocenters. The summed E-state index contributed by atoms with van der Waals surface area (Å²) in [5.41, 5.74) is 7.61. The smallest absolute Gasteiger partial charge is 0.213 e. The third kappa shape index (κ3) is 4.28. The molecular formula is C25H28BrN6O2S. The number of sulfonamides is 1. The number of aromatic nitrogens is 4. The fraction of sp³-hybridized carbons (Fsp3) is 0.360. The Hall–Kier alpha value is -2.69. The first kappa shape index (κ1) is 24.0. The maximum atomic E-state index is 12.3. The summed E-state index contributed by atoms with van der Waals surface area (Å²) in [7, 11) is -3.20. The zero-order chi connectivity index (χ0) is 24.9. The number of aromatic amines is 1. The third-order valence-electron chi connectivity index (χ3n) is 6.69. The summed E-state index contributed by atoms with van der Waals surface area (Å²) in [6.45, 7) is 8.89. The maximum Gasteiger partial charge on any atom is 0.213 e. The first-order valence-corrected chi connectivity index (χ1v) is 14.1. The molecule has 183 valence electrons. The van der Waals surface area contributed by atoms with E-state index in [0.29, 0.717) is 18.7 Å². The van der Waals surface area contributed by atoms with E-state index in [2.05, 4.69) is 74.8 Å². The molecule has 2 N–H and O–H groups in total. The van der Waals surface area contributed by atoms with E-state index >= 15 is 0 Å². The quantitative estimate of drug-likeness (QED) is 0.358. The normalized spacial score (nSPS) is 16.9. The van der Waals surface area contributed by atoms with Gasteiger partial charge in [-0.1, -0.05) is 12.1 Å². The van der Waals surface area contributed by atoms with Gasteiger partial charge in [0.05, 0.1) is 15.9 Å². The molecule has 0 aliphatic carbocycles. The second-order valence-corrected chi connectivity index (χ2v) is 12.1. The summed E-state index contributed by atoms with van der Waals surface area (Å²) in [6, 6.07) is 11.4. The molecule has 1 fully saturated rings. The number of H-pyrrole nitrogens is 1. The Bertz CT molecular complexity index is 1520. The molecule has 1 radical (unpaired) electrons. The zero-order valence-corrected chi connectivity index (χ0v) is 22.6. The van der Waals surface area contributed by atoms with Crippen LogP contribution in [0.2, 0.25) is 0 Å². The number of fused-ring (bicyclic) bond motifs is 1. The highest BCUT2D eigenvalue weighted by Crippen LogP contribution is 2.34. The van der Waals surface area contributed by atoms with Crippen molar-refractivity contribution in [2.24, 2.45) is 0 Å². The van der Waals surface area contributed by atoms with Crippen LogP contribution >= 0.6 is 15.9 Å². The van der Waals surface area contributed by atoms with Crippen LogP contribution in [0.1, 0.15) is 30.3 Å². The largest absolute Gasteiger partial charge is 0.378 e. The molecule has 1 aliphatic rings. The SMILES string of the molecule is CCS(=O)(=O)N1CC[C@H](Nc2c(Br)cnc3nc(-c4cc(C)n(-c5ccc[c]c5C)c4C)[nH]c23)C1. The second-order valence-electron chi connectivity index (χ2n) is 8.95. The lowest BCUT2D eigenvalue weighted by Crippen LogP contribution is -2.32. The molecular weight excluding hydrogens is 528 g/mol. The van der Waals surface area contributed by atoms with Crippen LogP contribution in [0, 0.1) is 26.8 Å². The lowest BCUT2D eigenvalue weighted by molar-refractivity contribution is 0.476. The number of rotatable bonds is 6. The number of hydrogen-bond acceptors (Lipinski definition) is 5. The summed E-state index contributed by atoms with van der Waals surface area (Å²) in [6.07, 6.45) is 2.47. The van der Waals surface area contributed by atoms with E-state index in [4.69, 9.17) is 4.98 Å². The van der Waals surface area contributed by atoms with Gasteiger partial charge in [0.2, 0.25) is 10.0 Å². The van der Waals surface area contributed by atoms with Crippen LogP contribution in [0.15, 0.2) is 34.9 Å². The fourth-order valence-electron chi connectivity index (χ4n) is 4.81. The van der Waals surface area contributed by atoms with E-state index in [1.807, 2.05) is 12.1 Å². The van der Waals surface area contributed by atoms with Crippen molar-refractivity contribution in [3.05, 3.63) is 58.0 Å². The average Bonchev–Trinajstić information content (AvgIpc) is 3.54. The number of halogens is 1. The van der Waals surface area contributed by atoms with E-state index in [1.54, 1.807) is 17.4 Å². The topological polar surface area (TPSA) is 95.9 Å². The van der Waals surface area contributed by atoms with Crippen molar-refractivity contribution in [3.63, 3.8) is 0 Å². The van der Waals surface area contributed by atoms with Gasteiger partial charge in [-0.05, 0) is 73.8 Å². The van der Waals surface area contributed by atoms with E-state index in [9.17, 15) is 8.42 Å². The number of anilines is 1. The Morgan fingerprint density at radius 2 is 2.11 bits per heavy atom. The van der Waals surface area contributed by atoms with Crippen LogP contribution in [0.5, 0.6) is 0 Å². The van der Waals surface area contributed by atoms with Crippen LogP contribution in [-0.4, -0.2) is 57.1 Å². The van der Waals surface area contributed by atoms with Gasteiger partial charge in [-0.25, -0.2) is 18.4 Å². The van der Waals surface area contributed by atoms with Gasteiger partial charge in [-0.15, -0.1) is 0 Å². The molecule has 0 spiro atoms. The van der Waals surface area contributed by atoms with E-state index in [1.165, 1.54) is 0 Å². The first-order valence-electron chi connectivity index (χ1n) is 11.6. The van der Waals surface area contributed by atoms with Gasteiger partial charge >= 0.3 is 0 Å². The lowest BCUT2D eigenvalue weighted by atomic mass is 10.2. The van der Waals surface area contributed by atoms with Crippen LogP contribution in [0.4, 0.5) is 5.69 Å².